The molecule has 5 heteroatoms. The molecule has 0 saturated heterocycles. The van der Waals surface area contributed by atoms with E-state index in [0.29, 0.717) is 6.42 Å². The van der Waals surface area contributed by atoms with Gasteiger partial charge >= 0.3 is 0 Å². The second-order valence-corrected chi connectivity index (χ2v) is 4.39. The zero-order chi connectivity index (χ0) is 12.5. The summed E-state index contributed by atoms with van der Waals surface area (Å²) < 4.78 is 0. The zero-order valence-electron chi connectivity index (χ0n) is 10.1. The number of anilines is 1. The maximum atomic E-state index is 11.3. The van der Waals surface area contributed by atoms with E-state index in [1.165, 1.54) is 0 Å². The van der Waals surface area contributed by atoms with Crippen molar-refractivity contribution >= 4 is 11.6 Å². The number of hydrogen-bond donors (Lipinski definition) is 3. The Morgan fingerprint density at radius 2 is 2.33 bits per heavy atom. The summed E-state index contributed by atoms with van der Waals surface area (Å²) in [4.78, 5) is 11.3. The average Bonchev–Trinajstić information content (AvgIpc) is 2.93. The van der Waals surface area contributed by atoms with Crippen molar-refractivity contribution < 1.29 is 4.79 Å². The molecule has 1 aliphatic rings. The van der Waals surface area contributed by atoms with E-state index >= 15 is 0 Å². The topological polar surface area (TPSA) is 69.8 Å². The minimum Gasteiger partial charge on any atom is -0.326 e. The van der Waals surface area contributed by atoms with E-state index in [1.807, 2.05) is 25.4 Å². The van der Waals surface area contributed by atoms with Crippen LogP contribution in [0.25, 0.3) is 11.1 Å². The SMILES string of the molecule is CNCc1[nH]ncc1-c1ccc2c(c1)CC(=O)N2. The van der Waals surface area contributed by atoms with Crippen LogP contribution in [0.1, 0.15) is 11.3 Å². The molecule has 0 radical (unpaired) electrons. The number of aromatic amines is 1. The normalized spacial score (nSPS) is 13.5. The van der Waals surface area contributed by atoms with E-state index in [1.54, 1.807) is 0 Å². The summed E-state index contributed by atoms with van der Waals surface area (Å²) in [5, 5.41) is 13.0. The van der Waals surface area contributed by atoms with E-state index in [0.717, 1.165) is 34.6 Å². The monoisotopic (exact) mass is 242 g/mol. The van der Waals surface area contributed by atoms with Gasteiger partial charge in [-0.1, -0.05) is 6.07 Å². The predicted molar refractivity (Wildman–Crippen MR) is 69.1 cm³/mol. The van der Waals surface area contributed by atoms with Gasteiger partial charge in [0.25, 0.3) is 0 Å². The molecule has 18 heavy (non-hydrogen) atoms. The molecule has 2 heterocycles. The summed E-state index contributed by atoms with van der Waals surface area (Å²) >= 11 is 0. The highest BCUT2D eigenvalue weighted by atomic mass is 16.1. The fourth-order valence-corrected chi connectivity index (χ4v) is 2.27. The number of rotatable bonds is 3. The molecule has 1 aromatic carbocycles. The van der Waals surface area contributed by atoms with Gasteiger partial charge in [-0.05, 0) is 30.3 Å². The number of aromatic nitrogens is 2. The van der Waals surface area contributed by atoms with E-state index in [2.05, 4.69) is 26.9 Å². The van der Waals surface area contributed by atoms with Crippen LogP contribution in [0.5, 0.6) is 0 Å². The van der Waals surface area contributed by atoms with Crippen molar-refractivity contribution in [2.75, 3.05) is 12.4 Å². The first-order valence-corrected chi connectivity index (χ1v) is 5.88. The molecule has 1 aromatic heterocycles. The van der Waals surface area contributed by atoms with E-state index in [9.17, 15) is 4.79 Å². The Morgan fingerprint density at radius 3 is 3.17 bits per heavy atom. The lowest BCUT2D eigenvalue weighted by Crippen LogP contribution is -2.06. The molecule has 3 N–H and O–H groups in total. The van der Waals surface area contributed by atoms with Crippen LogP contribution in [-0.2, 0) is 17.8 Å². The number of benzene rings is 1. The Hall–Kier alpha value is -2.14. The van der Waals surface area contributed by atoms with Crippen molar-refractivity contribution in [2.24, 2.45) is 0 Å². The first-order chi connectivity index (χ1) is 8.78. The summed E-state index contributed by atoms with van der Waals surface area (Å²) in [5.74, 6) is 0.0600. The minimum atomic E-state index is 0.0600. The molecule has 0 bridgehead atoms. The summed E-state index contributed by atoms with van der Waals surface area (Å²) in [6.07, 6.45) is 2.28. The third kappa shape index (κ3) is 1.78. The van der Waals surface area contributed by atoms with Crippen molar-refractivity contribution in [2.45, 2.75) is 13.0 Å². The lowest BCUT2D eigenvalue weighted by molar-refractivity contribution is -0.115. The lowest BCUT2D eigenvalue weighted by Gasteiger charge is -2.05. The number of H-pyrrole nitrogens is 1. The number of nitrogens with one attached hydrogen (secondary N) is 3. The molecule has 2 aromatic rings. The average molecular weight is 242 g/mol. The lowest BCUT2D eigenvalue weighted by atomic mass is 10.0. The number of carbonyl (C=O) groups excluding carboxylic acids is 1. The van der Waals surface area contributed by atoms with E-state index in [4.69, 9.17) is 0 Å². The summed E-state index contributed by atoms with van der Waals surface area (Å²) in [6.45, 7) is 0.740. The van der Waals surface area contributed by atoms with Gasteiger partial charge in [0.1, 0.15) is 0 Å². The van der Waals surface area contributed by atoms with Crippen LogP contribution in [0.15, 0.2) is 24.4 Å². The number of carbonyl (C=O) groups is 1. The van der Waals surface area contributed by atoms with Crippen LogP contribution in [0, 0.1) is 0 Å². The van der Waals surface area contributed by atoms with Crippen LogP contribution >= 0.6 is 0 Å². The standard InChI is InChI=1S/C13H14N4O/c1-14-7-12-10(6-15-17-12)8-2-3-11-9(4-8)5-13(18)16-11/h2-4,6,14H,5,7H2,1H3,(H,15,17)(H,16,18). The second kappa shape index (κ2) is 4.27. The smallest absolute Gasteiger partial charge is 0.228 e. The van der Waals surface area contributed by atoms with Crippen LogP contribution in [-0.4, -0.2) is 23.2 Å². The molecule has 0 saturated carbocycles. The fraction of sp³-hybridized carbons (Fsp3) is 0.231. The number of nitrogens with zero attached hydrogens (tertiary/aromatic N) is 1. The van der Waals surface area contributed by atoms with Gasteiger partial charge in [0.2, 0.25) is 5.91 Å². The molecular formula is C13H14N4O. The zero-order valence-corrected chi connectivity index (χ0v) is 10.1. The van der Waals surface area contributed by atoms with Crippen LogP contribution < -0.4 is 10.6 Å². The largest absolute Gasteiger partial charge is 0.326 e. The highest BCUT2D eigenvalue weighted by Gasteiger charge is 2.18. The second-order valence-electron chi connectivity index (χ2n) is 4.39. The Morgan fingerprint density at radius 1 is 1.44 bits per heavy atom. The summed E-state index contributed by atoms with van der Waals surface area (Å²) in [5.41, 5.74) is 5.18. The van der Waals surface area contributed by atoms with Crippen molar-refractivity contribution in [1.82, 2.24) is 15.5 Å². The van der Waals surface area contributed by atoms with Crippen LogP contribution in [0.3, 0.4) is 0 Å². The summed E-state index contributed by atoms with van der Waals surface area (Å²) in [6, 6.07) is 6.01. The van der Waals surface area contributed by atoms with Crippen LogP contribution in [0.4, 0.5) is 5.69 Å². The minimum absolute atomic E-state index is 0.0600. The van der Waals surface area contributed by atoms with Crippen molar-refractivity contribution in [3.05, 3.63) is 35.7 Å². The molecule has 0 atom stereocenters. The Kier molecular flexibility index (Phi) is 2.60. The number of amides is 1. The summed E-state index contributed by atoms with van der Waals surface area (Å²) in [7, 11) is 1.90. The Labute approximate surface area is 105 Å². The van der Waals surface area contributed by atoms with Gasteiger partial charge in [-0.25, -0.2) is 0 Å². The molecular weight excluding hydrogens is 228 g/mol. The highest BCUT2D eigenvalue weighted by Crippen LogP contribution is 2.30. The third-order valence-electron chi connectivity index (χ3n) is 3.11. The van der Waals surface area contributed by atoms with Gasteiger partial charge in [-0.15, -0.1) is 0 Å². The quantitative estimate of drug-likeness (QED) is 0.759. The number of fused-ring (bicyclic) bond motifs is 1. The molecule has 0 spiro atoms. The van der Waals surface area contributed by atoms with Gasteiger partial charge < -0.3 is 10.6 Å². The molecule has 0 aliphatic carbocycles. The van der Waals surface area contributed by atoms with Crippen molar-refractivity contribution in [3.63, 3.8) is 0 Å². The highest BCUT2D eigenvalue weighted by molar-refractivity contribution is 5.99. The van der Waals surface area contributed by atoms with Gasteiger partial charge in [0.15, 0.2) is 0 Å². The maximum absolute atomic E-state index is 11.3. The first-order valence-electron chi connectivity index (χ1n) is 5.88. The predicted octanol–water partition coefficient (Wildman–Crippen LogP) is 1.29. The molecule has 1 amide bonds. The van der Waals surface area contributed by atoms with Gasteiger partial charge in [-0.2, -0.15) is 5.10 Å². The van der Waals surface area contributed by atoms with Gasteiger partial charge in [0.05, 0.1) is 18.3 Å². The maximum Gasteiger partial charge on any atom is 0.228 e. The molecule has 3 rings (SSSR count). The van der Waals surface area contributed by atoms with Crippen molar-refractivity contribution in [1.29, 1.82) is 0 Å². The van der Waals surface area contributed by atoms with Gasteiger partial charge in [-0.3, -0.25) is 9.89 Å². The number of hydrogen-bond acceptors (Lipinski definition) is 3. The molecule has 92 valence electrons. The van der Waals surface area contributed by atoms with Crippen molar-refractivity contribution in [3.8, 4) is 11.1 Å². The Balaban J connectivity index is 2.00. The first kappa shape index (κ1) is 11.0. The van der Waals surface area contributed by atoms with Crippen LogP contribution in [0.2, 0.25) is 0 Å². The molecule has 0 fully saturated rings. The van der Waals surface area contributed by atoms with Gasteiger partial charge in [0, 0.05) is 17.8 Å². The Bertz CT molecular complexity index is 603. The van der Waals surface area contributed by atoms with E-state index in [-0.39, 0.29) is 5.91 Å². The molecule has 1 aliphatic heterocycles. The fourth-order valence-electron chi connectivity index (χ4n) is 2.27. The molecule has 5 nitrogen and oxygen atoms in total. The third-order valence-corrected chi connectivity index (χ3v) is 3.11. The molecule has 0 unspecified atom stereocenters. The van der Waals surface area contributed by atoms with E-state index < -0.39 is 0 Å².